The van der Waals surface area contributed by atoms with E-state index in [1.807, 2.05) is 12.1 Å². The van der Waals surface area contributed by atoms with Gasteiger partial charge >= 0.3 is 5.97 Å². The lowest BCUT2D eigenvalue weighted by molar-refractivity contribution is 0.0585. The lowest BCUT2D eigenvalue weighted by Gasteiger charge is -2.19. The minimum Gasteiger partial charge on any atom is -0.464 e. The van der Waals surface area contributed by atoms with E-state index in [9.17, 15) is 4.79 Å². The Hall–Kier alpha value is -2.03. The first-order chi connectivity index (χ1) is 10.1. The number of hydrogen-bond donors (Lipinski definition) is 0. The van der Waals surface area contributed by atoms with Crippen molar-refractivity contribution in [3.05, 3.63) is 58.9 Å². The first-order valence-electron chi connectivity index (χ1n) is 7.40. The third-order valence-electron chi connectivity index (χ3n) is 3.93. The molecule has 1 atom stereocenters. The molecule has 0 aliphatic heterocycles. The first-order valence-corrected chi connectivity index (χ1v) is 7.40. The zero-order valence-corrected chi connectivity index (χ0v) is 13.2. The lowest BCUT2D eigenvalue weighted by Crippen LogP contribution is -2.16. The Labute approximate surface area is 126 Å². The Bertz CT molecular complexity index is 611. The number of benzene rings is 1. The molecule has 2 rings (SSSR count). The zero-order chi connectivity index (χ0) is 15.4. The highest BCUT2D eigenvalue weighted by molar-refractivity contribution is 5.88. The number of carbonyl (C=O) groups excluding carboxylic acids is 1. The summed E-state index contributed by atoms with van der Waals surface area (Å²) in [7, 11) is 1.43. The van der Waals surface area contributed by atoms with Crippen molar-refractivity contribution in [2.75, 3.05) is 7.11 Å². The van der Waals surface area contributed by atoms with Crippen molar-refractivity contribution in [3.63, 3.8) is 0 Å². The van der Waals surface area contributed by atoms with Gasteiger partial charge in [-0.1, -0.05) is 36.8 Å². The number of aromatic nitrogens is 1. The van der Waals surface area contributed by atoms with Gasteiger partial charge < -0.3 is 9.30 Å². The van der Waals surface area contributed by atoms with Crippen molar-refractivity contribution in [1.29, 1.82) is 0 Å². The van der Waals surface area contributed by atoms with Crippen LogP contribution < -0.4 is 0 Å². The van der Waals surface area contributed by atoms with Gasteiger partial charge in [-0.25, -0.2) is 4.79 Å². The Morgan fingerprint density at radius 3 is 2.43 bits per heavy atom. The predicted octanol–water partition coefficient (Wildman–Crippen LogP) is 4.14. The number of methoxy groups -OCH3 is 1. The summed E-state index contributed by atoms with van der Waals surface area (Å²) >= 11 is 0. The van der Waals surface area contributed by atoms with Crippen LogP contribution >= 0.6 is 0 Å². The Morgan fingerprint density at radius 1 is 1.19 bits per heavy atom. The monoisotopic (exact) mass is 285 g/mol. The third-order valence-corrected chi connectivity index (χ3v) is 3.93. The number of ether oxygens (including phenoxy) is 1. The molecule has 0 N–H and O–H groups in total. The molecular weight excluding hydrogens is 262 g/mol. The molecule has 1 aromatic heterocycles. The van der Waals surface area contributed by atoms with Crippen molar-refractivity contribution in [2.24, 2.45) is 0 Å². The minimum absolute atomic E-state index is 0.273. The average molecular weight is 285 g/mol. The van der Waals surface area contributed by atoms with E-state index in [1.165, 1.54) is 18.2 Å². The molecule has 0 unspecified atom stereocenters. The lowest BCUT2D eigenvalue weighted by atomic mass is 10.1. The zero-order valence-electron chi connectivity index (χ0n) is 13.2. The van der Waals surface area contributed by atoms with Crippen LogP contribution in [0.15, 0.2) is 36.4 Å². The van der Waals surface area contributed by atoms with Crippen molar-refractivity contribution in [2.45, 2.75) is 39.7 Å². The van der Waals surface area contributed by atoms with Gasteiger partial charge in [0.1, 0.15) is 5.69 Å². The van der Waals surface area contributed by atoms with Crippen LogP contribution in [0.1, 0.15) is 53.6 Å². The molecule has 21 heavy (non-hydrogen) atoms. The maximum absolute atomic E-state index is 11.9. The van der Waals surface area contributed by atoms with E-state index in [2.05, 4.69) is 49.6 Å². The summed E-state index contributed by atoms with van der Waals surface area (Å²) < 4.78 is 6.99. The summed E-state index contributed by atoms with van der Waals surface area (Å²) in [6, 6.07) is 12.7. The molecule has 1 heterocycles. The molecule has 0 bridgehead atoms. The summed E-state index contributed by atoms with van der Waals surface area (Å²) in [5, 5.41) is 0. The molecule has 0 spiro atoms. The number of rotatable bonds is 5. The second-order valence-electron chi connectivity index (χ2n) is 5.49. The molecule has 0 radical (unpaired) electrons. The molecule has 0 amide bonds. The van der Waals surface area contributed by atoms with Crippen molar-refractivity contribution >= 4 is 5.97 Å². The van der Waals surface area contributed by atoms with E-state index in [1.54, 1.807) is 0 Å². The summed E-state index contributed by atoms with van der Waals surface area (Å²) in [6.45, 7) is 6.34. The van der Waals surface area contributed by atoms with Gasteiger partial charge in [0, 0.05) is 18.2 Å². The molecule has 0 aliphatic rings. The van der Waals surface area contributed by atoms with Crippen LogP contribution in [0.5, 0.6) is 0 Å². The number of esters is 1. The minimum atomic E-state index is -0.273. The third kappa shape index (κ3) is 3.35. The van der Waals surface area contributed by atoms with Crippen LogP contribution in [-0.2, 0) is 11.2 Å². The van der Waals surface area contributed by atoms with E-state index in [0.29, 0.717) is 5.69 Å². The molecule has 3 heteroatoms. The Morgan fingerprint density at radius 2 is 1.86 bits per heavy atom. The quantitative estimate of drug-likeness (QED) is 0.773. The number of carbonyl (C=O) groups is 1. The van der Waals surface area contributed by atoms with E-state index >= 15 is 0 Å². The fraction of sp³-hybridized carbons (Fsp3) is 0.389. The molecule has 3 nitrogen and oxygen atoms in total. The predicted molar refractivity (Wildman–Crippen MR) is 84.8 cm³/mol. The fourth-order valence-electron chi connectivity index (χ4n) is 2.52. The van der Waals surface area contributed by atoms with Crippen LogP contribution in [0.2, 0.25) is 0 Å². The van der Waals surface area contributed by atoms with Gasteiger partial charge in [-0.2, -0.15) is 0 Å². The van der Waals surface area contributed by atoms with Gasteiger partial charge in [-0.15, -0.1) is 0 Å². The number of hydrogen-bond acceptors (Lipinski definition) is 2. The first kappa shape index (κ1) is 15.4. The van der Waals surface area contributed by atoms with E-state index < -0.39 is 0 Å². The van der Waals surface area contributed by atoms with Gasteiger partial charge in [-0.3, -0.25) is 0 Å². The van der Waals surface area contributed by atoms with Crippen LogP contribution in [0.3, 0.4) is 0 Å². The molecule has 2 aromatic rings. The molecule has 112 valence electrons. The van der Waals surface area contributed by atoms with E-state index in [4.69, 9.17) is 4.74 Å². The summed E-state index contributed by atoms with van der Waals surface area (Å²) in [6.07, 6.45) is 1.79. The maximum Gasteiger partial charge on any atom is 0.354 e. The summed E-state index contributed by atoms with van der Waals surface area (Å²) in [5.41, 5.74) is 4.29. The smallest absolute Gasteiger partial charge is 0.354 e. The molecule has 0 saturated heterocycles. The van der Waals surface area contributed by atoms with Crippen LogP contribution in [-0.4, -0.2) is 17.6 Å². The van der Waals surface area contributed by atoms with Gasteiger partial charge in [-0.05, 0) is 38.0 Å². The highest BCUT2D eigenvalue weighted by Gasteiger charge is 2.18. The summed E-state index contributed by atoms with van der Waals surface area (Å²) in [5.74, 6) is -0.273. The second kappa shape index (κ2) is 6.61. The number of aryl methyl sites for hydroxylation is 1. The Balaban J connectivity index is 2.36. The number of nitrogens with zero attached hydrogens (tertiary/aromatic N) is 1. The standard InChI is InChI=1S/C18H23NO2/c1-5-14(3)19-16(10-11-17(19)18(20)21-4)12-15-8-6-13(2)7-9-15/h6-11,14H,5,12H2,1-4H3/t14-/m1/s1. The SMILES string of the molecule is CC[C@@H](C)n1c(Cc2ccc(C)cc2)ccc1C(=O)OC. The Kier molecular flexibility index (Phi) is 4.84. The van der Waals surface area contributed by atoms with Crippen molar-refractivity contribution in [3.8, 4) is 0 Å². The average Bonchev–Trinajstić information content (AvgIpc) is 2.91. The highest BCUT2D eigenvalue weighted by Crippen LogP contribution is 2.22. The van der Waals surface area contributed by atoms with E-state index in [-0.39, 0.29) is 12.0 Å². The van der Waals surface area contributed by atoms with Crippen molar-refractivity contribution in [1.82, 2.24) is 4.57 Å². The second-order valence-corrected chi connectivity index (χ2v) is 5.49. The van der Waals surface area contributed by atoms with Crippen LogP contribution in [0.4, 0.5) is 0 Å². The van der Waals surface area contributed by atoms with Gasteiger partial charge in [0.15, 0.2) is 0 Å². The summed E-state index contributed by atoms with van der Waals surface area (Å²) in [4.78, 5) is 11.9. The van der Waals surface area contributed by atoms with Gasteiger partial charge in [0.05, 0.1) is 7.11 Å². The largest absolute Gasteiger partial charge is 0.464 e. The van der Waals surface area contributed by atoms with E-state index in [0.717, 1.165) is 18.5 Å². The topological polar surface area (TPSA) is 31.2 Å². The van der Waals surface area contributed by atoms with Crippen molar-refractivity contribution < 1.29 is 9.53 Å². The fourth-order valence-corrected chi connectivity index (χ4v) is 2.52. The molecule has 0 saturated carbocycles. The van der Waals surface area contributed by atoms with Gasteiger partial charge in [0.25, 0.3) is 0 Å². The molecule has 0 fully saturated rings. The molecular formula is C18H23NO2. The van der Waals surface area contributed by atoms with Gasteiger partial charge in [0.2, 0.25) is 0 Å². The van der Waals surface area contributed by atoms with Crippen LogP contribution in [0, 0.1) is 6.92 Å². The van der Waals surface area contributed by atoms with Crippen LogP contribution in [0.25, 0.3) is 0 Å². The highest BCUT2D eigenvalue weighted by atomic mass is 16.5. The normalized spacial score (nSPS) is 12.2. The maximum atomic E-state index is 11.9. The molecule has 1 aromatic carbocycles. The molecule has 0 aliphatic carbocycles.